The minimum absolute atomic E-state index is 0.133. The summed E-state index contributed by atoms with van der Waals surface area (Å²) < 4.78 is 33.4. The Kier molecular flexibility index (Phi) is 7.41. The highest BCUT2D eigenvalue weighted by atomic mass is 79.9. The Balaban J connectivity index is 2.21. The molecule has 0 saturated carbocycles. The monoisotopic (exact) mass is 444 g/mol. The van der Waals surface area contributed by atoms with E-state index in [9.17, 15) is 8.42 Å². The zero-order valence-electron chi connectivity index (χ0n) is 15.3. The van der Waals surface area contributed by atoms with Gasteiger partial charge in [-0.25, -0.2) is 13.4 Å². The van der Waals surface area contributed by atoms with E-state index in [0.29, 0.717) is 34.9 Å². The van der Waals surface area contributed by atoms with E-state index in [2.05, 4.69) is 33.2 Å². The molecule has 0 radical (unpaired) electrons. The quantitative estimate of drug-likeness (QED) is 0.661. The van der Waals surface area contributed by atoms with Crippen molar-refractivity contribution in [1.29, 1.82) is 5.26 Å². The van der Waals surface area contributed by atoms with Crippen molar-refractivity contribution in [2.24, 2.45) is 5.92 Å². The van der Waals surface area contributed by atoms with Crippen molar-refractivity contribution in [2.45, 2.75) is 44.6 Å². The van der Waals surface area contributed by atoms with Gasteiger partial charge >= 0.3 is 0 Å². The van der Waals surface area contributed by atoms with Crippen LogP contribution in [-0.4, -0.2) is 50.1 Å². The predicted molar refractivity (Wildman–Crippen MR) is 103 cm³/mol. The van der Waals surface area contributed by atoms with Crippen molar-refractivity contribution in [1.82, 2.24) is 9.29 Å². The molecule has 0 aliphatic carbocycles. The molecule has 1 aliphatic heterocycles. The zero-order chi connectivity index (χ0) is 19.3. The number of nitrogens with one attached hydrogen (secondary N) is 1. The number of pyridine rings is 1. The van der Waals surface area contributed by atoms with E-state index in [0.717, 1.165) is 13.0 Å². The van der Waals surface area contributed by atoms with Crippen LogP contribution in [0.5, 0.6) is 0 Å². The van der Waals surface area contributed by atoms with E-state index in [4.69, 9.17) is 10.00 Å². The van der Waals surface area contributed by atoms with Gasteiger partial charge in [-0.2, -0.15) is 9.57 Å². The van der Waals surface area contributed by atoms with Crippen molar-refractivity contribution < 1.29 is 13.2 Å². The third kappa shape index (κ3) is 4.55. The molecule has 2 rings (SSSR count). The van der Waals surface area contributed by atoms with Crippen molar-refractivity contribution in [3.63, 3.8) is 0 Å². The number of hydrogen-bond donors (Lipinski definition) is 1. The van der Waals surface area contributed by atoms with Crippen LogP contribution in [0, 0.1) is 24.2 Å². The molecule has 26 heavy (non-hydrogen) atoms. The number of halogens is 1. The molecule has 9 heteroatoms. The first kappa shape index (κ1) is 21.1. The van der Waals surface area contributed by atoms with Crippen LogP contribution < -0.4 is 5.32 Å². The Labute approximate surface area is 163 Å². The van der Waals surface area contributed by atoms with Gasteiger partial charge in [-0.05, 0) is 40.8 Å². The van der Waals surface area contributed by atoms with Crippen molar-refractivity contribution in [3.8, 4) is 6.07 Å². The van der Waals surface area contributed by atoms with Crippen LogP contribution in [0.1, 0.15) is 32.3 Å². The molecular weight excluding hydrogens is 420 g/mol. The number of nitriles is 1. The lowest BCUT2D eigenvalue weighted by atomic mass is 10.0. The molecule has 2 atom stereocenters. The first-order valence-corrected chi connectivity index (χ1v) is 10.9. The summed E-state index contributed by atoms with van der Waals surface area (Å²) in [5.74, 6) is 1.09. The number of aromatic nitrogens is 1. The number of nitrogens with zero attached hydrogens (tertiary/aromatic N) is 3. The predicted octanol–water partition coefficient (Wildman–Crippen LogP) is 2.91. The maximum atomic E-state index is 12.9. The Bertz CT molecular complexity index is 779. The van der Waals surface area contributed by atoms with Gasteiger partial charge in [0, 0.05) is 38.9 Å². The highest BCUT2D eigenvalue weighted by molar-refractivity contribution is 9.10. The van der Waals surface area contributed by atoms with E-state index in [1.165, 1.54) is 10.5 Å². The highest BCUT2D eigenvalue weighted by Crippen LogP contribution is 2.31. The normalized spacial score (nSPS) is 20.3. The van der Waals surface area contributed by atoms with E-state index in [1.54, 1.807) is 13.8 Å². The van der Waals surface area contributed by atoms with Crippen LogP contribution in [0.15, 0.2) is 15.6 Å². The van der Waals surface area contributed by atoms with E-state index in [1.807, 2.05) is 6.07 Å². The van der Waals surface area contributed by atoms with Gasteiger partial charge in [-0.3, -0.25) is 0 Å². The molecule has 0 unspecified atom stereocenters. The Morgan fingerprint density at radius 3 is 2.85 bits per heavy atom. The zero-order valence-corrected chi connectivity index (χ0v) is 17.7. The number of ether oxygens (including phenoxy) is 1. The second-order valence-electron chi connectivity index (χ2n) is 6.37. The second-order valence-corrected chi connectivity index (χ2v) is 9.07. The molecule has 0 bridgehead atoms. The number of rotatable bonds is 8. The summed E-state index contributed by atoms with van der Waals surface area (Å²) in [6.45, 7) is 7.53. The molecule has 1 saturated heterocycles. The summed E-state index contributed by atoms with van der Waals surface area (Å²) in [4.78, 5) is 4.46. The van der Waals surface area contributed by atoms with Gasteiger partial charge in [0.25, 0.3) is 0 Å². The summed E-state index contributed by atoms with van der Waals surface area (Å²) in [6, 6.07) is 1.99. The van der Waals surface area contributed by atoms with Crippen LogP contribution >= 0.6 is 15.9 Å². The Morgan fingerprint density at radius 1 is 1.54 bits per heavy atom. The van der Waals surface area contributed by atoms with Gasteiger partial charge in [-0.1, -0.05) is 13.8 Å². The average Bonchev–Trinajstić information content (AvgIpc) is 3.01. The van der Waals surface area contributed by atoms with Gasteiger partial charge in [0.1, 0.15) is 10.7 Å². The fourth-order valence-corrected chi connectivity index (χ4v) is 5.13. The lowest BCUT2D eigenvalue weighted by Crippen LogP contribution is -2.32. The van der Waals surface area contributed by atoms with E-state index in [-0.39, 0.29) is 24.0 Å². The average molecular weight is 445 g/mol. The molecule has 7 nitrogen and oxygen atoms in total. The molecule has 1 aromatic heterocycles. The fourth-order valence-electron chi connectivity index (χ4n) is 2.92. The molecule has 0 aromatic carbocycles. The minimum Gasteiger partial charge on any atom is -0.376 e. The molecule has 0 spiro atoms. The topological polar surface area (TPSA) is 95.3 Å². The van der Waals surface area contributed by atoms with Gasteiger partial charge in [0.2, 0.25) is 10.0 Å². The molecule has 0 amide bonds. The molecular formula is C17H25BrN4O3S. The molecule has 1 aliphatic rings. The fraction of sp³-hybridized carbons (Fsp3) is 0.647. The van der Waals surface area contributed by atoms with E-state index >= 15 is 0 Å². The number of sulfonamides is 1. The van der Waals surface area contributed by atoms with Crippen LogP contribution in [0.3, 0.4) is 0 Å². The smallest absolute Gasteiger partial charge is 0.244 e. The van der Waals surface area contributed by atoms with Crippen LogP contribution in [0.4, 0.5) is 5.82 Å². The van der Waals surface area contributed by atoms with Gasteiger partial charge in [-0.15, -0.1) is 0 Å². The standard InChI is InChI=1S/C17H25BrN4O3S/c1-4-22(8-5-7-19)26(23,24)15-11-21-17(16(18)13(15)3)20-10-14-12(2)6-9-25-14/h11-12,14H,4-6,8-10H2,1-3H3,(H,20,21)/t12-,14-/m0/s1. The summed E-state index contributed by atoms with van der Waals surface area (Å²) in [6.07, 6.45) is 2.72. The van der Waals surface area contributed by atoms with E-state index < -0.39 is 10.0 Å². The van der Waals surface area contributed by atoms with Crippen LogP contribution in [-0.2, 0) is 14.8 Å². The molecule has 1 N–H and O–H groups in total. The van der Waals surface area contributed by atoms with Crippen molar-refractivity contribution in [2.75, 3.05) is 31.6 Å². The Hall–Kier alpha value is -1.21. The maximum Gasteiger partial charge on any atom is 0.244 e. The summed E-state index contributed by atoms with van der Waals surface area (Å²) in [5, 5.41) is 12.0. The molecule has 1 fully saturated rings. The SMILES string of the molecule is CCN(CCC#N)S(=O)(=O)c1cnc(NC[C@@H]2OCC[C@@H]2C)c(Br)c1C. The lowest BCUT2D eigenvalue weighted by Gasteiger charge is -2.22. The van der Waals surface area contributed by atoms with Crippen molar-refractivity contribution in [3.05, 3.63) is 16.2 Å². The van der Waals surface area contributed by atoms with Gasteiger partial charge in [0.05, 0.1) is 16.6 Å². The third-order valence-electron chi connectivity index (χ3n) is 4.67. The first-order chi connectivity index (χ1) is 12.3. The highest BCUT2D eigenvalue weighted by Gasteiger charge is 2.28. The van der Waals surface area contributed by atoms with Crippen LogP contribution in [0.2, 0.25) is 0 Å². The lowest BCUT2D eigenvalue weighted by molar-refractivity contribution is 0.104. The maximum absolute atomic E-state index is 12.9. The molecule has 144 valence electrons. The van der Waals surface area contributed by atoms with Gasteiger partial charge in [0.15, 0.2) is 0 Å². The largest absolute Gasteiger partial charge is 0.376 e. The molecule has 2 heterocycles. The number of anilines is 1. The van der Waals surface area contributed by atoms with Crippen LogP contribution in [0.25, 0.3) is 0 Å². The first-order valence-electron chi connectivity index (χ1n) is 8.70. The minimum atomic E-state index is -3.70. The second kappa shape index (κ2) is 9.13. The summed E-state index contributed by atoms with van der Waals surface area (Å²) >= 11 is 3.47. The third-order valence-corrected chi connectivity index (χ3v) is 7.73. The summed E-state index contributed by atoms with van der Waals surface area (Å²) in [7, 11) is -3.70. The van der Waals surface area contributed by atoms with Crippen molar-refractivity contribution >= 4 is 31.8 Å². The van der Waals surface area contributed by atoms with Gasteiger partial charge < -0.3 is 10.1 Å². The number of hydrogen-bond acceptors (Lipinski definition) is 6. The molecule has 1 aromatic rings. The summed E-state index contributed by atoms with van der Waals surface area (Å²) in [5.41, 5.74) is 0.596. The Morgan fingerprint density at radius 2 is 2.27 bits per heavy atom.